The summed E-state index contributed by atoms with van der Waals surface area (Å²) in [6, 6.07) is 3.39. The van der Waals surface area contributed by atoms with Crippen molar-refractivity contribution in [1.29, 1.82) is 0 Å². The zero-order valence-electron chi connectivity index (χ0n) is 9.00. The summed E-state index contributed by atoms with van der Waals surface area (Å²) in [7, 11) is 1.65. The lowest BCUT2D eigenvalue weighted by Crippen LogP contribution is -2.30. The summed E-state index contributed by atoms with van der Waals surface area (Å²) < 4.78 is 0. The molecule has 6 heteroatoms. The summed E-state index contributed by atoms with van der Waals surface area (Å²) in [5.41, 5.74) is 5.83. The van der Waals surface area contributed by atoms with Crippen molar-refractivity contribution in [2.75, 3.05) is 13.6 Å². The Labute approximate surface area is 93.4 Å². The van der Waals surface area contributed by atoms with Gasteiger partial charge in [0.2, 0.25) is 0 Å². The third-order valence-corrected chi connectivity index (χ3v) is 2.09. The topological polar surface area (TPSA) is 91.8 Å². The van der Waals surface area contributed by atoms with Gasteiger partial charge in [0.1, 0.15) is 5.84 Å². The van der Waals surface area contributed by atoms with Crippen molar-refractivity contribution >= 4 is 11.7 Å². The second-order valence-corrected chi connectivity index (χ2v) is 3.31. The smallest absolute Gasteiger partial charge is 0.255 e. The quantitative estimate of drug-likeness (QED) is 0.331. The number of nitrogens with two attached hydrogens (primary N) is 1. The van der Waals surface area contributed by atoms with Gasteiger partial charge in [-0.15, -0.1) is 0 Å². The van der Waals surface area contributed by atoms with E-state index in [0.717, 1.165) is 0 Å². The first kappa shape index (κ1) is 12.0. The van der Waals surface area contributed by atoms with Crippen LogP contribution >= 0.6 is 0 Å². The van der Waals surface area contributed by atoms with Crippen LogP contribution in [-0.2, 0) is 0 Å². The minimum atomic E-state index is -0.140. The highest BCUT2D eigenvalue weighted by molar-refractivity contribution is 5.94. The zero-order chi connectivity index (χ0) is 12.0. The number of aromatic nitrogens is 1. The van der Waals surface area contributed by atoms with E-state index in [2.05, 4.69) is 10.1 Å². The monoisotopic (exact) mass is 222 g/mol. The first-order chi connectivity index (χ1) is 7.65. The van der Waals surface area contributed by atoms with Gasteiger partial charge in [-0.25, -0.2) is 0 Å². The number of hydrogen-bond acceptors (Lipinski definition) is 4. The maximum Gasteiger partial charge on any atom is 0.255 e. The maximum atomic E-state index is 11.8. The molecule has 0 atom stereocenters. The van der Waals surface area contributed by atoms with E-state index in [1.807, 2.05) is 0 Å². The number of amidine groups is 1. The van der Waals surface area contributed by atoms with Gasteiger partial charge < -0.3 is 15.8 Å². The maximum absolute atomic E-state index is 11.8. The van der Waals surface area contributed by atoms with Crippen LogP contribution in [0.25, 0.3) is 0 Å². The van der Waals surface area contributed by atoms with E-state index in [-0.39, 0.29) is 11.7 Å². The third kappa shape index (κ3) is 3.23. The molecule has 0 unspecified atom stereocenters. The Bertz CT molecular complexity index is 378. The minimum Gasteiger partial charge on any atom is -0.409 e. The van der Waals surface area contributed by atoms with Gasteiger partial charge >= 0.3 is 0 Å². The largest absolute Gasteiger partial charge is 0.409 e. The van der Waals surface area contributed by atoms with Crippen molar-refractivity contribution in [2.45, 2.75) is 6.42 Å². The van der Waals surface area contributed by atoms with Crippen molar-refractivity contribution in [1.82, 2.24) is 9.88 Å². The molecule has 0 radical (unpaired) electrons. The molecule has 1 aromatic rings. The minimum absolute atomic E-state index is 0.103. The summed E-state index contributed by atoms with van der Waals surface area (Å²) >= 11 is 0. The van der Waals surface area contributed by atoms with Gasteiger partial charge in [0.05, 0.1) is 5.56 Å². The number of rotatable bonds is 4. The molecule has 3 N–H and O–H groups in total. The lowest BCUT2D eigenvalue weighted by molar-refractivity contribution is 0.0798. The van der Waals surface area contributed by atoms with E-state index in [4.69, 9.17) is 10.9 Å². The van der Waals surface area contributed by atoms with Crippen molar-refractivity contribution in [3.05, 3.63) is 30.1 Å². The van der Waals surface area contributed by atoms with Crippen LogP contribution in [0.3, 0.4) is 0 Å². The van der Waals surface area contributed by atoms with Crippen LogP contribution in [0.5, 0.6) is 0 Å². The molecule has 86 valence electrons. The number of hydrogen-bond donors (Lipinski definition) is 2. The molecule has 0 bridgehead atoms. The molecule has 6 nitrogen and oxygen atoms in total. The molecule has 1 heterocycles. The molecule has 0 aromatic carbocycles. The van der Waals surface area contributed by atoms with Crippen LogP contribution in [0.1, 0.15) is 16.8 Å². The molecule has 1 rings (SSSR count). The second-order valence-electron chi connectivity index (χ2n) is 3.31. The fourth-order valence-electron chi connectivity index (χ4n) is 1.14. The third-order valence-electron chi connectivity index (χ3n) is 2.09. The van der Waals surface area contributed by atoms with Crippen molar-refractivity contribution in [2.24, 2.45) is 10.9 Å². The van der Waals surface area contributed by atoms with E-state index >= 15 is 0 Å². The number of carbonyl (C=O) groups is 1. The molecule has 0 aliphatic rings. The Kier molecular flexibility index (Phi) is 4.26. The second kappa shape index (κ2) is 5.69. The Hall–Kier alpha value is -2.11. The molecule has 0 fully saturated rings. The van der Waals surface area contributed by atoms with Gasteiger partial charge in [-0.3, -0.25) is 9.78 Å². The Morgan fingerprint density at radius 1 is 1.69 bits per heavy atom. The molecule has 16 heavy (non-hydrogen) atoms. The van der Waals surface area contributed by atoms with Crippen LogP contribution in [0.4, 0.5) is 0 Å². The Balaban J connectivity index is 2.55. The average molecular weight is 222 g/mol. The Morgan fingerprint density at radius 3 is 3.00 bits per heavy atom. The lowest BCUT2D eigenvalue weighted by Gasteiger charge is -2.16. The van der Waals surface area contributed by atoms with Crippen LogP contribution in [0.15, 0.2) is 29.7 Å². The zero-order valence-corrected chi connectivity index (χ0v) is 9.00. The van der Waals surface area contributed by atoms with Gasteiger partial charge in [0.15, 0.2) is 0 Å². The average Bonchev–Trinajstić information content (AvgIpc) is 2.35. The summed E-state index contributed by atoms with van der Waals surface area (Å²) in [4.78, 5) is 17.1. The number of nitrogens with zero attached hydrogens (tertiary/aromatic N) is 3. The molecule has 0 saturated heterocycles. The summed E-state index contributed by atoms with van der Waals surface area (Å²) in [5.74, 6) is -0.0373. The van der Waals surface area contributed by atoms with Crippen LogP contribution in [0, 0.1) is 0 Å². The molecular weight excluding hydrogens is 208 g/mol. The van der Waals surface area contributed by atoms with Crippen molar-refractivity contribution in [3.63, 3.8) is 0 Å². The number of pyridine rings is 1. The van der Waals surface area contributed by atoms with Gasteiger partial charge in [0.25, 0.3) is 5.91 Å². The van der Waals surface area contributed by atoms with E-state index < -0.39 is 0 Å². The highest BCUT2D eigenvalue weighted by Crippen LogP contribution is 2.01. The number of oxime groups is 1. The highest BCUT2D eigenvalue weighted by Gasteiger charge is 2.11. The predicted octanol–water partition coefficient (Wildman–Crippen LogP) is 0.290. The molecule has 0 aliphatic carbocycles. The fraction of sp³-hybridized carbons (Fsp3) is 0.300. The fourth-order valence-corrected chi connectivity index (χ4v) is 1.14. The summed E-state index contributed by atoms with van der Waals surface area (Å²) in [5, 5.41) is 11.2. The van der Waals surface area contributed by atoms with Gasteiger partial charge in [0, 0.05) is 32.4 Å². The predicted molar refractivity (Wildman–Crippen MR) is 59.2 cm³/mol. The molecule has 0 saturated carbocycles. The van der Waals surface area contributed by atoms with Crippen LogP contribution < -0.4 is 5.73 Å². The van der Waals surface area contributed by atoms with Gasteiger partial charge in [-0.2, -0.15) is 0 Å². The first-order valence-corrected chi connectivity index (χ1v) is 4.77. The van der Waals surface area contributed by atoms with E-state index in [9.17, 15) is 4.79 Å². The van der Waals surface area contributed by atoms with Crippen LogP contribution in [0.2, 0.25) is 0 Å². The van der Waals surface area contributed by atoms with Crippen molar-refractivity contribution < 1.29 is 10.0 Å². The standard InChI is InChI=1S/C10H14N4O2/c1-14(6-4-9(11)13-16)10(15)8-3-2-5-12-7-8/h2-3,5,7,16H,4,6H2,1H3,(H2,11,13). The summed E-state index contributed by atoms with van der Waals surface area (Å²) in [6.45, 7) is 0.392. The summed E-state index contributed by atoms with van der Waals surface area (Å²) in [6.07, 6.45) is 3.44. The first-order valence-electron chi connectivity index (χ1n) is 4.77. The normalized spacial score (nSPS) is 11.2. The van der Waals surface area contributed by atoms with E-state index in [0.29, 0.717) is 18.5 Å². The Morgan fingerprint density at radius 2 is 2.44 bits per heavy atom. The van der Waals surface area contributed by atoms with Gasteiger partial charge in [-0.1, -0.05) is 5.16 Å². The van der Waals surface area contributed by atoms with Crippen molar-refractivity contribution in [3.8, 4) is 0 Å². The van der Waals surface area contributed by atoms with Crippen LogP contribution in [-0.4, -0.2) is 40.4 Å². The van der Waals surface area contributed by atoms with E-state index in [1.54, 1.807) is 25.4 Å². The molecule has 1 aromatic heterocycles. The number of amides is 1. The highest BCUT2D eigenvalue weighted by atomic mass is 16.4. The molecule has 0 aliphatic heterocycles. The molecule has 1 amide bonds. The molecule has 0 spiro atoms. The van der Waals surface area contributed by atoms with E-state index in [1.165, 1.54) is 11.1 Å². The SMILES string of the molecule is CN(CC/C(N)=N/O)C(=O)c1cccnc1. The van der Waals surface area contributed by atoms with Gasteiger partial charge in [-0.05, 0) is 12.1 Å². The lowest BCUT2D eigenvalue weighted by atomic mass is 10.2. The molecular formula is C10H14N4O2. The number of carbonyl (C=O) groups excluding carboxylic acids is 1.